The first-order valence-corrected chi connectivity index (χ1v) is 13.0. The molecule has 9 nitrogen and oxygen atoms in total. The van der Waals surface area contributed by atoms with Gasteiger partial charge < -0.3 is 15.0 Å². The van der Waals surface area contributed by atoms with E-state index in [2.05, 4.69) is 34.6 Å². The quantitative estimate of drug-likeness (QED) is 0.558. The van der Waals surface area contributed by atoms with Gasteiger partial charge >= 0.3 is 0 Å². The van der Waals surface area contributed by atoms with Crippen LogP contribution in [0.1, 0.15) is 64.4 Å². The predicted molar refractivity (Wildman–Crippen MR) is 132 cm³/mol. The summed E-state index contributed by atoms with van der Waals surface area (Å²) in [5.41, 5.74) is 2.01. The van der Waals surface area contributed by atoms with Gasteiger partial charge in [0.2, 0.25) is 17.6 Å². The minimum atomic E-state index is -0.521. The summed E-state index contributed by atoms with van der Waals surface area (Å²) in [6.45, 7) is 7.40. The Morgan fingerprint density at radius 1 is 1.14 bits per heavy atom. The van der Waals surface area contributed by atoms with Gasteiger partial charge in [0.25, 0.3) is 0 Å². The van der Waals surface area contributed by atoms with E-state index in [0.717, 1.165) is 56.3 Å². The first kappa shape index (κ1) is 25.3. The van der Waals surface area contributed by atoms with Gasteiger partial charge in [-0.15, -0.1) is 10.2 Å². The summed E-state index contributed by atoms with van der Waals surface area (Å²) in [5, 5.41) is 15.8. The van der Waals surface area contributed by atoms with Crippen molar-refractivity contribution >= 4 is 11.8 Å². The molecule has 0 bridgehead atoms. The van der Waals surface area contributed by atoms with Crippen LogP contribution in [-0.2, 0) is 20.9 Å². The van der Waals surface area contributed by atoms with Crippen molar-refractivity contribution in [3.8, 4) is 11.4 Å². The van der Waals surface area contributed by atoms with Crippen LogP contribution in [-0.4, -0.2) is 68.3 Å². The number of nitrogens with one attached hydrogen (secondary N) is 1. The zero-order valence-electron chi connectivity index (χ0n) is 21.2. The maximum absolute atomic E-state index is 13.7. The Labute approximate surface area is 207 Å². The van der Waals surface area contributed by atoms with E-state index in [-0.39, 0.29) is 36.4 Å². The van der Waals surface area contributed by atoms with E-state index in [0.29, 0.717) is 18.8 Å². The molecule has 2 aliphatic rings. The topological polar surface area (TPSA) is 102 Å². The molecule has 4 rings (SSSR count). The van der Waals surface area contributed by atoms with Crippen molar-refractivity contribution in [3.05, 3.63) is 29.8 Å². The number of carbonyl (C=O) groups is 2. The fraction of sp³-hybridized carbons (Fsp3) is 0.654. The molecule has 1 saturated carbocycles. The minimum absolute atomic E-state index is 0.0387. The molecule has 2 fully saturated rings. The average Bonchev–Trinajstić information content (AvgIpc) is 3.61. The highest BCUT2D eigenvalue weighted by Gasteiger charge is 2.37. The van der Waals surface area contributed by atoms with E-state index in [1.807, 2.05) is 36.1 Å². The van der Waals surface area contributed by atoms with E-state index < -0.39 is 6.04 Å². The monoisotopic (exact) mass is 482 g/mol. The van der Waals surface area contributed by atoms with Gasteiger partial charge in [-0.3, -0.25) is 9.59 Å². The molecule has 1 aromatic heterocycles. The number of hydrogen-bond acceptors (Lipinski definition) is 6. The van der Waals surface area contributed by atoms with Gasteiger partial charge in [-0.05, 0) is 50.2 Å². The van der Waals surface area contributed by atoms with Gasteiger partial charge in [0, 0.05) is 24.8 Å². The van der Waals surface area contributed by atoms with Crippen LogP contribution in [0.4, 0.5) is 0 Å². The SMILES string of the molecule is Cc1ccc(-c2nnn(CC(=O)N(C3CCCC3)[C@@H](CC(C)C)C(=O)NC[C@@H]3CCCO3)n2)cc1. The number of carbonyl (C=O) groups excluding carboxylic acids is 2. The van der Waals surface area contributed by atoms with Crippen LogP contribution in [0.5, 0.6) is 0 Å². The molecule has 2 aromatic rings. The zero-order valence-corrected chi connectivity index (χ0v) is 21.2. The lowest BCUT2D eigenvalue weighted by Gasteiger charge is -2.36. The molecule has 2 amide bonds. The molecule has 0 radical (unpaired) electrons. The maximum atomic E-state index is 13.7. The van der Waals surface area contributed by atoms with Crippen LogP contribution < -0.4 is 5.32 Å². The molecule has 35 heavy (non-hydrogen) atoms. The van der Waals surface area contributed by atoms with Gasteiger partial charge in [-0.2, -0.15) is 4.80 Å². The second-order valence-corrected chi connectivity index (χ2v) is 10.3. The Balaban J connectivity index is 1.50. The summed E-state index contributed by atoms with van der Waals surface area (Å²) < 4.78 is 5.67. The van der Waals surface area contributed by atoms with E-state index in [1.54, 1.807) is 0 Å². The zero-order chi connectivity index (χ0) is 24.8. The Morgan fingerprint density at radius 3 is 2.54 bits per heavy atom. The van der Waals surface area contributed by atoms with Crippen molar-refractivity contribution in [1.29, 1.82) is 0 Å². The third-order valence-electron chi connectivity index (χ3n) is 6.91. The average molecular weight is 483 g/mol. The number of nitrogens with zero attached hydrogens (tertiary/aromatic N) is 5. The number of hydrogen-bond donors (Lipinski definition) is 1. The lowest BCUT2D eigenvalue weighted by atomic mass is 9.99. The molecule has 1 saturated heterocycles. The Morgan fingerprint density at radius 2 is 1.89 bits per heavy atom. The lowest BCUT2D eigenvalue weighted by Crippen LogP contribution is -2.55. The Hall–Kier alpha value is -2.81. The molecule has 1 aliphatic heterocycles. The molecule has 9 heteroatoms. The number of rotatable bonds is 10. The Kier molecular flexibility index (Phi) is 8.49. The Bertz CT molecular complexity index is 977. The van der Waals surface area contributed by atoms with E-state index in [1.165, 1.54) is 4.80 Å². The maximum Gasteiger partial charge on any atom is 0.247 e. The van der Waals surface area contributed by atoms with Gasteiger partial charge in [0.1, 0.15) is 12.6 Å². The van der Waals surface area contributed by atoms with E-state index in [4.69, 9.17) is 4.74 Å². The number of benzene rings is 1. The molecule has 2 atom stereocenters. The largest absolute Gasteiger partial charge is 0.376 e. The van der Waals surface area contributed by atoms with Crippen molar-refractivity contribution < 1.29 is 14.3 Å². The summed E-state index contributed by atoms with van der Waals surface area (Å²) >= 11 is 0. The highest BCUT2D eigenvalue weighted by Crippen LogP contribution is 2.28. The van der Waals surface area contributed by atoms with Crippen molar-refractivity contribution in [1.82, 2.24) is 30.4 Å². The molecule has 0 spiro atoms. The third-order valence-corrected chi connectivity index (χ3v) is 6.91. The van der Waals surface area contributed by atoms with E-state index >= 15 is 0 Å². The second kappa shape index (κ2) is 11.7. The molecular formula is C26H38N6O3. The smallest absolute Gasteiger partial charge is 0.247 e. The number of aryl methyl sites for hydroxylation is 1. The molecule has 2 heterocycles. The minimum Gasteiger partial charge on any atom is -0.376 e. The molecule has 1 aliphatic carbocycles. The van der Waals surface area contributed by atoms with Gasteiger partial charge in [-0.1, -0.05) is 56.5 Å². The third kappa shape index (κ3) is 6.66. The summed E-state index contributed by atoms with van der Waals surface area (Å²) in [6, 6.07) is 7.41. The van der Waals surface area contributed by atoms with E-state index in [9.17, 15) is 9.59 Å². The van der Waals surface area contributed by atoms with Gasteiger partial charge in [0.05, 0.1) is 6.10 Å². The molecule has 0 unspecified atom stereocenters. The standard InChI is InChI=1S/C26H38N6O3/c1-18(2)15-23(26(34)27-16-22-9-6-14-35-22)32(21-7-4-5-8-21)24(33)17-31-29-25(28-30-31)20-12-10-19(3)11-13-20/h10-13,18,21-23H,4-9,14-17H2,1-3H3,(H,27,34)/t22-,23-/m0/s1. The van der Waals surface area contributed by atoms with Crippen LogP contribution in [0.15, 0.2) is 24.3 Å². The van der Waals surface area contributed by atoms with Gasteiger partial charge in [-0.25, -0.2) is 0 Å². The summed E-state index contributed by atoms with van der Waals surface area (Å²) in [5.74, 6) is 0.519. The molecule has 1 aromatic carbocycles. The van der Waals surface area contributed by atoms with Gasteiger partial charge in [0.15, 0.2) is 0 Å². The van der Waals surface area contributed by atoms with Crippen LogP contribution in [0.3, 0.4) is 0 Å². The first-order valence-electron chi connectivity index (χ1n) is 13.0. The molecule has 190 valence electrons. The predicted octanol–water partition coefficient (Wildman–Crippen LogP) is 3.13. The molecule has 1 N–H and O–H groups in total. The van der Waals surface area contributed by atoms with Crippen molar-refractivity contribution in [2.24, 2.45) is 5.92 Å². The number of ether oxygens (including phenoxy) is 1. The second-order valence-electron chi connectivity index (χ2n) is 10.3. The molecular weight excluding hydrogens is 444 g/mol. The first-order chi connectivity index (χ1) is 16.9. The number of tetrazole rings is 1. The van der Waals surface area contributed by atoms with Crippen LogP contribution in [0.25, 0.3) is 11.4 Å². The summed E-state index contributed by atoms with van der Waals surface area (Å²) in [6.07, 6.45) is 6.63. The number of amides is 2. The van der Waals surface area contributed by atoms with Crippen LogP contribution >= 0.6 is 0 Å². The lowest BCUT2D eigenvalue weighted by molar-refractivity contribution is -0.144. The highest BCUT2D eigenvalue weighted by atomic mass is 16.5. The summed E-state index contributed by atoms with van der Waals surface area (Å²) in [4.78, 5) is 30.2. The number of aromatic nitrogens is 4. The van der Waals surface area contributed by atoms with Crippen molar-refractivity contribution in [2.45, 2.75) is 90.4 Å². The fourth-order valence-electron chi connectivity index (χ4n) is 5.08. The fourth-order valence-corrected chi connectivity index (χ4v) is 5.08. The summed E-state index contributed by atoms with van der Waals surface area (Å²) in [7, 11) is 0. The highest BCUT2D eigenvalue weighted by molar-refractivity contribution is 5.88. The normalized spacial score (nSPS) is 19.3. The van der Waals surface area contributed by atoms with Crippen LogP contribution in [0.2, 0.25) is 0 Å². The van der Waals surface area contributed by atoms with Crippen LogP contribution in [0, 0.1) is 12.8 Å². The van der Waals surface area contributed by atoms with Crippen molar-refractivity contribution in [3.63, 3.8) is 0 Å². The van der Waals surface area contributed by atoms with Crippen molar-refractivity contribution in [2.75, 3.05) is 13.2 Å².